The number of benzene rings is 2. The summed E-state index contributed by atoms with van der Waals surface area (Å²) in [5.74, 6) is 2.77. The first-order valence-electron chi connectivity index (χ1n) is 9.83. The molecule has 0 unspecified atom stereocenters. The van der Waals surface area contributed by atoms with E-state index in [-0.39, 0.29) is 12.5 Å². The van der Waals surface area contributed by atoms with E-state index >= 15 is 0 Å². The molecule has 1 aliphatic rings. The number of nitrogens with zero attached hydrogens (tertiary/aromatic N) is 3. The number of aryl methyl sites for hydroxylation is 1. The molecule has 150 valence electrons. The van der Waals surface area contributed by atoms with Crippen molar-refractivity contribution in [3.05, 3.63) is 54.4 Å². The van der Waals surface area contributed by atoms with Crippen LogP contribution in [-0.2, 0) is 17.8 Å². The molecule has 7 nitrogen and oxygen atoms in total. The maximum atomic E-state index is 12.4. The Morgan fingerprint density at radius 1 is 1.07 bits per heavy atom. The number of methoxy groups -OCH3 is 1. The Labute approximate surface area is 169 Å². The summed E-state index contributed by atoms with van der Waals surface area (Å²) < 4.78 is 13.0. The molecule has 2 aromatic carbocycles. The third-order valence-electron chi connectivity index (χ3n) is 4.94. The molecule has 1 N–H and O–H groups in total. The fourth-order valence-electron chi connectivity index (χ4n) is 3.51. The van der Waals surface area contributed by atoms with Crippen LogP contribution in [0.25, 0.3) is 11.4 Å². The molecule has 0 atom stereocenters. The SMILES string of the molecule is COc1ccccc1OCC(=O)Nc1cccc(-c2nnc3n2CCCCC3)c1. The van der Waals surface area contributed by atoms with Crippen molar-refractivity contribution in [3.8, 4) is 22.9 Å². The van der Waals surface area contributed by atoms with Gasteiger partial charge in [0, 0.05) is 24.2 Å². The number of amides is 1. The highest BCUT2D eigenvalue weighted by atomic mass is 16.5. The van der Waals surface area contributed by atoms with Gasteiger partial charge in [0.05, 0.1) is 7.11 Å². The van der Waals surface area contributed by atoms with Crippen LogP contribution in [0.15, 0.2) is 48.5 Å². The zero-order valence-corrected chi connectivity index (χ0v) is 16.4. The van der Waals surface area contributed by atoms with Crippen molar-refractivity contribution in [2.75, 3.05) is 19.0 Å². The van der Waals surface area contributed by atoms with E-state index < -0.39 is 0 Å². The zero-order chi connectivity index (χ0) is 20.1. The normalized spacial score (nSPS) is 13.3. The van der Waals surface area contributed by atoms with Crippen LogP contribution < -0.4 is 14.8 Å². The first-order valence-corrected chi connectivity index (χ1v) is 9.83. The van der Waals surface area contributed by atoms with Crippen LogP contribution in [0, 0.1) is 0 Å². The monoisotopic (exact) mass is 392 g/mol. The number of rotatable bonds is 6. The van der Waals surface area contributed by atoms with E-state index in [1.54, 1.807) is 19.2 Å². The first kappa shape index (κ1) is 19.0. The molecule has 3 aromatic rings. The van der Waals surface area contributed by atoms with Gasteiger partial charge in [-0.1, -0.05) is 30.7 Å². The number of aromatic nitrogens is 3. The number of carbonyl (C=O) groups is 1. The molecule has 29 heavy (non-hydrogen) atoms. The highest BCUT2D eigenvalue weighted by Crippen LogP contribution is 2.26. The second kappa shape index (κ2) is 8.77. The lowest BCUT2D eigenvalue weighted by Gasteiger charge is -2.11. The van der Waals surface area contributed by atoms with Crippen LogP contribution in [0.4, 0.5) is 5.69 Å². The molecule has 7 heteroatoms. The molecule has 1 amide bonds. The van der Waals surface area contributed by atoms with Crippen LogP contribution >= 0.6 is 0 Å². The van der Waals surface area contributed by atoms with Gasteiger partial charge in [-0.2, -0.15) is 0 Å². The van der Waals surface area contributed by atoms with Crippen molar-refractivity contribution in [2.24, 2.45) is 0 Å². The third kappa shape index (κ3) is 4.39. The van der Waals surface area contributed by atoms with Crippen LogP contribution in [-0.4, -0.2) is 34.4 Å². The molecule has 4 rings (SSSR count). The Kier molecular flexibility index (Phi) is 5.74. The summed E-state index contributed by atoms with van der Waals surface area (Å²) in [7, 11) is 1.57. The van der Waals surface area contributed by atoms with E-state index in [4.69, 9.17) is 9.47 Å². The summed E-state index contributed by atoms with van der Waals surface area (Å²) in [5.41, 5.74) is 1.64. The van der Waals surface area contributed by atoms with Crippen molar-refractivity contribution < 1.29 is 14.3 Å². The second-order valence-electron chi connectivity index (χ2n) is 6.97. The van der Waals surface area contributed by atoms with E-state index in [0.29, 0.717) is 17.2 Å². The topological polar surface area (TPSA) is 78.3 Å². The molecule has 0 spiro atoms. The second-order valence-corrected chi connectivity index (χ2v) is 6.97. The van der Waals surface area contributed by atoms with E-state index in [0.717, 1.165) is 43.0 Å². The zero-order valence-electron chi connectivity index (χ0n) is 16.4. The van der Waals surface area contributed by atoms with Gasteiger partial charge in [0.25, 0.3) is 5.91 Å². The number of nitrogens with one attached hydrogen (secondary N) is 1. The van der Waals surface area contributed by atoms with E-state index in [2.05, 4.69) is 20.1 Å². The van der Waals surface area contributed by atoms with Gasteiger partial charge in [0.1, 0.15) is 5.82 Å². The molecule has 0 saturated carbocycles. The molecule has 0 bridgehead atoms. The molecule has 0 fully saturated rings. The quantitative estimate of drug-likeness (QED) is 0.692. The summed E-state index contributed by atoms with van der Waals surface area (Å²) >= 11 is 0. The molecular formula is C22H24N4O3. The number of fused-ring (bicyclic) bond motifs is 1. The predicted octanol–water partition coefficient (Wildman–Crippen LogP) is 3.70. The minimum atomic E-state index is -0.242. The average molecular weight is 392 g/mol. The van der Waals surface area contributed by atoms with Crippen LogP contribution in [0.2, 0.25) is 0 Å². The van der Waals surface area contributed by atoms with Gasteiger partial charge in [-0.15, -0.1) is 10.2 Å². The van der Waals surface area contributed by atoms with Crippen molar-refractivity contribution >= 4 is 11.6 Å². The molecule has 2 heterocycles. The number of carbonyl (C=O) groups excluding carboxylic acids is 1. The fourth-order valence-corrected chi connectivity index (χ4v) is 3.51. The number of hydrogen-bond donors (Lipinski definition) is 1. The molecule has 0 aliphatic carbocycles. The standard InChI is InChI=1S/C22H24N4O3/c1-28-18-10-4-5-11-19(18)29-15-21(27)23-17-9-7-8-16(14-17)22-25-24-20-12-3-2-6-13-26(20)22/h4-5,7-11,14H,2-3,6,12-13,15H2,1H3,(H,23,27). The van der Waals surface area contributed by atoms with Gasteiger partial charge in [-0.3, -0.25) is 4.79 Å². The lowest BCUT2D eigenvalue weighted by molar-refractivity contribution is -0.118. The van der Waals surface area contributed by atoms with Crippen molar-refractivity contribution in [2.45, 2.75) is 32.2 Å². The summed E-state index contributed by atoms with van der Waals surface area (Å²) in [6, 6.07) is 14.9. The Morgan fingerprint density at radius 3 is 2.79 bits per heavy atom. The predicted molar refractivity (Wildman–Crippen MR) is 110 cm³/mol. The van der Waals surface area contributed by atoms with Gasteiger partial charge < -0.3 is 19.4 Å². The van der Waals surface area contributed by atoms with Crippen LogP contribution in [0.3, 0.4) is 0 Å². The highest BCUT2D eigenvalue weighted by molar-refractivity contribution is 5.92. The minimum absolute atomic E-state index is 0.106. The fraction of sp³-hybridized carbons (Fsp3) is 0.318. The lowest BCUT2D eigenvalue weighted by Crippen LogP contribution is -2.20. The Hall–Kier alpha value is -3.35. The van der Waals surface area contributed by atoms with Gasteiger partial charge in [0.15, 0.2) is 23.9 Å². The Bertz CT molecular complexity index is 999. The van der Waals surface area contributed by atoms with Crippen LogP contribution in [0.1, 0.15) is 25.1 Å². The Morgan fingerprint density at radius 2 is 1.93 bits per heavy atom. The maximum Gasteiger partial charge on any atom is 0.262 e. The molecule has 1 aromatic heterocycles. The number of ether oxygens (including phenoxy) is 2. The lowest BCUT2D eigenvalue weighted by atomic mass is 10.2. The first-order chi connectivity index (χ1) is 14.2. The summed E-state index contributed by atoms with van der Waals surface area (Å²) in [4.78, 5) is 12.4. The highest BCUT2D eigenvalue weighted by Gasteiger charge is 2.16. The maximum absolute atomic E-state index is 12.4. The van der Waals surface area contributed by atoms with Crippen LogP contribution in [0.5, 0.6) is 11.5 Å². The van der Waals surface area contributed by atoms with Gasteiger partial charge >= 0.3 is 0 Å². The van der Waals surface area contributed by atoms with Crippen molar-refractivity contribution in [3.63, 3.8) is 0 Å². The largest absolute Gasteiger partial charge is 0.493 e. The number of para-hydroxylation sites is 2. The average Bonchev–Trinajstić information content (AvgIpc) is 3.01. The molecule has 0 saturated heterocycles. The number of anilines is 1. The van der Waals surface area contributed by atoms with Gasteiger partial charge in [0.2, 0.25) is 0 Å². The van der Waals surface area contributed by atoms with E-state index in [9.17, 15) is 4.79 Å². The summed E-state index contributed by atoms with van der Waals surface area (Å²) in [5, 5.41) is 11.6. The number of hydrogen-bond acceptors (Lipinski definition) is 5. The van der Waals surface area contributed by atoms with E-state index in [1.807, 2.05) is 36.4 Å². The van der Waals surface area contributed by atoms with Crippen molar-refractivity contribution in [1.29, 1.82) is 0 Å². The summed E-state index contributed by atoms with van der Waals surface area (Å²) in [6.07, 6.45) is 4.46. The third-order valence-corrected chi connectivity index (χ3v) is 4.94. The molecule has 1 aliphatic heterocycles. The Balaban J connectivity index is 1.44. The van der Waals surface area contributed by atoms with E-state index in [1.165, 1.54) is 6.42 Å². The minimum Gasteiger partial charge on any atom is -0.493 e. The van der Waals surface area contributed by atoms with Crippen molar-refractivity contribution in [1.82, 2.24) is 14.8 Å². The van der Waals surface area contributed by atoms with Gasteiger partial charge in [-0.05, 0) is 37.1 Å². The smallest absolute Gasteiger partial charge is 0.262 e. The van der Waals surface area contributed by atoms with Gasteiger partial charge in [-0.25, -0.2) is 0 Å². The molecule has 0 radical (unpaired) electrons. The molecular weight excluding hydrogens is 368 g/mol. The summed E-state index contributed by atoms with van der Waals surface area (Å²) in [6.45, 7) is 0.825.